The molecular formula is C17H16BrNO. The van der Waals surface area contributed by atoms with Crippen molar-refractivity contribution in [1.29, 1.82) is 5.26 Å². The van der Waals surface area contributed by atoms with Crippen LogP contribution in [0.1, 0.15) is 36.5 Å². The summed E-state index contributed by atoms with van der Waals surface area (Å²) in [7, 11) is 0. The topological polar surface area (TPSA) is 33.0 Å². The molecular weight excluding hydrogens is 314 g/mol. The zero-order chi connectivity index (χ0) is 14.5. The van der Waals surface area contributed by atoms with Crippen molar-refractivity contribution in [2.75, 3.05) is 0 Å². The van der Waals surface area contributed by atoms with E-state index >= 15 is 0 Å². The lowest BCUT2D eigenvalue weighted by atomic mass is 10.0. The Labute approximate surface area is 128 Å². The van der Waals surface area contributed by atoms with Crippen LogP contribution in [0.4, 0.5) is 0 Å². The molecule has 0 aliphatic carbocycles. The van der Waals surface area contributed by atoms with Gasteiger partial charge in [-0.15, -0.1) is 0 Å². The lowest BCUT2D eigenvalue weighted by molar-refractivity contribution is 0.305. The third kappa shape index (κ3) is 3.61. The van der Waals surface area contributed by atoms with Crippen molar-refractivity contribution in [3.8, 4) is 11.8 Å². The minimum absolute atomic E-state index is 0.467. The maximum atomic E-state index is 9.09. The second-order valence-electron chi connectivity index (χ2n) is 4.94. The molecule has 2 aromatic rings. The Bertz CT molecular complexity index is 626. The molecule has 2 nitrogen and oxygen atoms in total. The molecule has 0 bridgehead atoms. The van der Waals surface area contributed by atoms with Crippen LogP contribution in [0.25, 0.3) is 0 Å². The van der Waals surface area contributed by atoms with Gasteiger partial charge < -0.3 is 4.74 Å². The van der Waals surface area contributed by atoms with Crippen LogP contribution in [0.2, 0.25) is 0 Å². The summed E-state index contributed by atoms with van der Waals surface area (Å²) in [6, 6.07) is 16.0. The maximum absolute atomic E-state index is 9.09. The van der Waals surface area contributed by atoms with Gasteiger partial charge in [-0.1, -0.05) is 54.0 Å². The summed E-state index contributed by atoms with van der Waals surface area (Å²) >= 11 is 3.35. The fourth-order valence-corrected chi connectivity index (χ4v) is 2.24. The number of nitriles is 1. The van der Waals surface area contributed by atoms with E-state index in [9.17, 15) is 0 Å². The normalized spacial score (nSPS) is 10.3. The van der Waals surface area contributed by atoms with Crippen LogP contribution < -0.4 is 4.74 Å². The van der Waals surface area contributed by atoms with Crippen LogP contribution in [0.5, 0.6) is 5.75 Å². The monoisotopic (exact) mass is 329 g/mol. The molecule has 0 aliphatic heterocycles. The predicted octanol–water partition coefficient (Wildman–Crippen LogP) is 5.02. The minimum atomic E-state index is 0.467. The van der Waals surface area contributed by atoms with Crippen LogP contribution in [-0.2, 0) is 6.61 Å². The highest BCUT2D eigenvalue weighted by molar-refractivity contribution is 9.10. The van der Waals surface area contributed by atoms with E-state index in [1.807, 2.05) is 12.1 Å². The van der Waals surface area contributed by atoms with Crippen LogP contribution in [0, 0.1) is 11.3 Å². The number of hydrogen-bond acceptors (Lipinski definition) is 2. The average molecular weight is 330 g/mol. The first kappa shape index (κ1) is 14.6. The van der Waals surface area contributed by atoms with E-state index in [2.05, 4.69) is 60.1 Å². The Kier molecular flexibility index (Phi) is 4.81. The van der Waals surface area contributed by atoms with Gasteiger partial charge in [0.15, 0.2) is 0 Å². The van der Waals surface area contributed by atoms with E-state index in [0.29, 0.717) is 23.8 Å². The van der Waals surface area contributed by atoms with Crippen LogP contribution in [0.15, 0.2) is 46.9 Å². The summed E-state index contributed by atoms with van der Waals surface area (Å²) in [5.74, 6) is 1.14. The zero-order valence-electron chi connectivity index (χ0n) is 11.6. The molecule has 0 heterocycles. The fraction of sp³-hybridized carbons (Fsp3) is 0.235. The predicted molar refractivity (Wildman–Crippen MR) is 83.7 cm³/mol. The average Bonchev–Trinajstić information content (AvgIpc) is 2.46. The molecule has 2 aromatic carbocycles. The van der Waals surface area contributed by atoms with E-state index in [0.717, 1.165) is 10.0 Å². The summed E-state index contributed by atoms with van der Waals surface area (Å²) in [6.45, 7) is 4.81. The quantitative estimate of drug-likeness (QED) is 0.788. The van der Waals surface area contributed by atoms with Crippen molar-refractivity contribution in [3.05, 3.63) is 63.6 Å². The number of nitrogens with zero attached hydrogens (tertiary/aromatic N) is 1. The van der Waals surface area contributed by atoms with Crippen molar-refractivity contribution in [1.82, 2.24) is 0 Å². The molecule has 0 aromatic heterocycles. The molecule has 0 amide bonds. The Balaban J connectivity index is 2.07. The molecule has 0 atom stereocenters. The van der Waals surface area contributed by atoms with E-state index in [1.165, 1.54) is 5.56 Å². The molecule has 2 rings (SSSR count). The van der Waals surface area contributed by atoms with E-state index in [1.54, 1.807) is 6.07 Å². The molecule has 20 heavy (non-hydrogen) atoms. The fourth-order valence-electron chi connectivity index (χ4n) is 1.88. The van der Waals surface area contributed by atoms with Crippen LogP contribution in [-0.4, -0.2) is 0 Å². The van der Waals surface area contributed by atoms with Gasteiger partial charge in [0, 0.05) is 4.47 Å². The highest BCUT2D eigenvalue weighted by Crippen LogP contribution is 2.23. The Hall–Kier alpha value is -1.79. The van der Waals surface area contributed by atoms with Crippen molar-refractivity contribution in [2.24, 2.45) is 0 Å². The summed E-state index contributed by atoms with van der Waals surface area (Å²) in [5.41, 5.74) is 2.95. The van der Waals surface area contributed by atoms with Crippen LogP contribution in [0.3, 0.4) is 0 Å². The van der Waals surface area contributed by atoms with Gasteiger partial charge in [0.25, 0.3) is 0 Å². The van der Waals surface area contributed by atoms with Crippen molar-refractivity contribution in [2.45, 2.75) is 26.4 Å². The highest BCUT2D eigenvalue weighted by Gasteiger charge is 2.05. The Morgan fingerprint density at radius 3 is 2.45 bits per heavy atom. The van der Waals surface area contributed by atoms with E-state index in [-0.39, 0.29) is 0 Å². The number of benzene rings is 2. The van der Waals surface area contributed by atoms with Crippen molar-refractivity contribution in [3.63, 3.8) is 0 Å². The maximum Gasteiger partial charge on any atom is 0.137 e. The molecule has 0 fully saturated rings. The molecule has 102 valence electrons. The summed E-state index contributed by atoms with van der Waals surface area (Å²) in [4.78, 5) is 0. The molecule has 0 radical (unpaired) electrons. The molecule has 0 saturated carbocycles. The third-order valence-corrected chi connectivity index (χ3v) is 3.60. The summed E-state index contributed by atoms with van der Waals surface area (Å²) < 4.78 is 6.60. The smallest absolute Gasteiger partial charge is 0.137 e. The lowest BCUT2D eigenvalue weighted by Crippen LogP contribution is -1.98. The second kappa shape index (κ2) is 6.58. The van der Waals surface area contributed by atoms with Crippen molar-refractivity contribution >= 4 is 15.9 Å². The van der Waals surface area contributed by atoms with Gasteiger partial charge in [0.2, 0.25) is 0 Å². The number of hydrogen-bond donors (Lipinski definition) is 0. The molecule has 0 spiro atoms. The number of rotatable bonds is 4. The van der Waals surface area contributed by atoms with E-state index in [4.69, 9.17) is 10.00 Å². The Morgan fingerprint density at radius 1 is 1.15 bits per heavy atom. The SMILES string of the molecule is CC(C)c1ccc(COc2ccc(Br)cc2C#N)cc1. The van der Waals surface area contributed by atoms with Gasteiger partial charge in [-0.05, 0) is 35.2 Å². The third-order valence-electron chi connectivity index (χ3n) is 3.10. The first-order valence-electron chi connectivity index (χ1n) is 6.51. The van der Waals surface area contributed by atoms with Gasteiger partial charge in [0.05, 0.1) is 5.56 Å². The number of ether oxygens (including phenoxy) is 1. The van der Waals surface area contributed by atoms with Gasteiger partial charge >= 0.3 is 0 Å². The largest absolute Gasteiger partial charge is 0.488 e. The summed E-state index contributed by atoms with van der Waals surface area (Å²) in [5, 5.41) is 9.09. The zero-order valence-corrected chi connectivity index (χ0v) is 13.1. The van der Waals surface area contributed by atoms with Gasteiger partial charge in [-0.25, -0.2) is 0 Å². The molecule has 0 aliphatic rings. The molecule has 0 saturated heterocycles. The first-order chi connectivity index (χ1) is 9.60. The minimum Gasteiger partial charge on any atom is -0.488 e. The first-order valence-corrected chi connectivity index (χ1v) is 7.30. The van der Waals surface area contributed by atoms with Gasteiger partial charge in [0.1, 0.15) is 18.4 Å². The molecule has 0 unspecified atom stereocenters. The molecule has 3 heteroatoms. The summed E-state index contributed by atoms with van der Waals surface area (Å²) in [6.07, 6.45) is 0. The lowest BCUT2D eigenvalue weighted by Gasteiger charge is -2.10. The van der Waals surface area contributed by atoms with Crippen molar-refractivity contribution < 1.29 is 4.74 Å². The Morgan fingerprint density at radius 2 is 1.85 bits per heavy atom. The second-order valence-corrected chi connectivity index (χ2v) is 5.85. The van der Waals surface area contributed by atoms with E-state index < -0.39 is 0 Å². The number of halogens is 1. The van der Waals surface area contributed by atoms with Gasteiger partial charge in [-0.2, -0.15) is 5.26 Å². The van der Waals surface area contributed by atoms with Gasteiger partial charge in [-0.3, -0.25) is 0 Å². The molecule has 0 N–H and O–H groups in total. The standard InChI is InChI=1S/C17H16BrNO/c1-12(2)14-5-3-13(4-6-14)11-20-17-8-7-16(18)9-15(17)10-19/h3-9,12H,11H2,1-2H3. The van der Waals surface area contributed by atoms with Crippen LogP contribution >= 0.6 is 15.9 Å². The highest BCUT2D eigenvalue weighted by atomic mass is 79.9.